The Morgan fingerprint density at radius 2 is 1.93 bits per heavy atom. The van der Waals surface area contributed by atoms with Gasteiger partial charge in [-0.25, -0.2) is 4.39 Å². The highest BCUT2D eigenvalue weighted by Crippen LogP contribution is 2.26. The van der Waals surface area contributed by atoms with E-state index in [-0.39, 0.29) is 5.75 Å². The van der Waals surface area contributed by atoms with Gasteiger partial charge in [-0.05, 0) is 31.0 Å². The van der Waals surface area contributed by atoms with Gasteiger partial charge in [-0.15, -0.1) is 0 Å². The van der Waals surface area contributed by atoms with Gasteiger partial charge < -0.3 is 4.74 Å². The number of alkyl halides is 3. The maximum Gasteiger partial charge on any atom is 0.427 e. The fourth-order valence-corrected chi connectivity index (χ4v) is 1.02. The van der Waals surface area contributed by atoms with Crippen LogP contribution in [-0.4, -0.2) is 12.8 Å². The molecule has 0 aliphatic carbocycles. The first-order valence-electron chi connectivity index (χ1n) is 4.15. The SMILES string of the molecule is Cc1cccc(OC(F)(F)CF)c1C. The van der Waals surface area contributed by atoms with Gasteiger partial charge >= 0.3 is 6.11 Å². The molecule has 0 amide bonds. The minimum absolute atomic E-state index is 0.0210. The summed E-state index contributed by atoms with van der Waals surface area (Å²) in [5.41, 5.74) is 1.43. The zero-order chi connectivity index (χ0) is 10.8. The highest BCUT2D eigenvalue weighted by molar-refractivity contribution is 5.38. The molecule has 0 N–H and O–H groups in total. The van der Waals surface area contributed by atoms with Crippen LogP contribution in [0.3, 0.4) is 0 Å². The lowest BCUT2D eigenvalue weighted by Gasteiger charge is -2.16. The molecule has 1 nitrogen and oxygen atoms in total. The van der Waals surface area contributed by atoms with Crippen LogP contribution >= 0.6 is 0 Å². The molecule has 0 saturated carbocycles. The minimum atomic E-state index is -3.74. The summed E-state index contributed by atoms with van der Waals surface area (Å²) in [5.74, 6) is 0.0210. The zero-order valence-corrected chi connectivity index (χ0v) is 7.98. The Morgan fingerprint density at radius 1 is 1.29 bits per heavy atom. The van der Waals surface area contributed by atoms with Gasteiger partial charge in [0.1, 0.15) is 5.75 Å². The van der Waals surface area contributed by atoms with E-state index in [0.29, 0.717) is 5.56 Å². The molecule has 78 valence electrons. The van der Waals surface area contributed by atoms with E-state index in [1.54, 1.807) is 26.0 Å². The molecule has 1 rings (SSSR count). The van der Waals surface area contributed by atoms with Crippen molar-refractivity contribution in [2.75, 3.05) is 6.67 Å². The summed E-state index contributed by atoms with van der Waals surface area (Å²) in [6, 6.07) is 4.76. The van der Waals surface area contributed by atoms with E-state index in [9.17, 15) is 13.2 Å². The summed E-state index contributed by atoms with van der Waals surface area (Å²) in [7, 11) is 0. The first kappa shape index (κ1) is 10.9. The minimum Gasteiger partial charge on any atom is -0.430 e. The van der Waals surface area contributed by atoms with Crippen LogP contribution in [0.15, 0.2) is 18.2 Å². The van der Waals surface area contributed by atoms with Crippen LogP contribution in [-0.2, 0) is 0 Å². The number of halogens is 3. The molecule has 0 spiro atoms. The number of aryl methyl sites for hydroxylation is 1. The van der Waals surface area contributed by atoms with E-state index in [1.165, 1.54) is 6.07 Å². The second-order valence-corrected chi connectivity index (χ2v) is 3.07. The smallest absolute Gasteiger partial charge is 0.427 e. The first-order valence-corrected chi connectivity index (χ1v) is 4.15. The van der Waals surface area contributed by atoms with Crippen LogP contribution < -0.4 is 4.74 Å². The molecule has 14 heavy (non-hydrogen) atoms. The van der Waals surface area contributed by atoms with Gasteiger partial charge in [0.15, 0.2) is 6.67 Å². The van der Waals surface area contributed by atoms with Crippen LogP contribution in [0.2, 0.25) is 0 Å². The molecule has 0 heterocycles. The van der Waals surface area contributed by atoms with E-state index in [1.807, 2.05) is 0 Å². The van der Waals surface area contributed by atoms with Crippen molar-refractivity contribution in [2.24, 2.45) is 0 Å². The fraction of sp³-hybridized carbons (Fsp3) is 0.400. The molecule has 0 saturated heterocycles. The monoisotopic (exact) mass is 204 g/mol. The lowest BCUT2D eigenvalue weighted by Crippen LogP contribution is -2.27. The summed E-state index contributed by atoms with van der Waals surface area (Å²) < 4.78 is 41.2. The van der Waals surface area contributed by atoms with Crippen molar-refractivity contribution in [3.05, 3.63) is 29.3 Å². The molecule has 0 unspecified atom stereocenters. The predicted molar refractivity (Wildman–Crippen MR) is 47.5 cm³/mol. The van der Waals surface area contributed by atoms with Crippen molar-refractivity contribution in [1.82, 2.24) is 0 Å². The summed E-state index contributed by atoms with van der Waals surface area (Å²) >= 11 is 0. The molecule has 1 aromatic rings. The Hall–Kier alpha value is -1.19. The lowest BCUT2D eigenvalue weighted by molar-refractivity contribution is -0.186. The second-order valence-electron chi connectivity index (χ2n) is 3.07. The van der Waals surface area contributed by atoms with Crippen molar-refractivity contribution < 1.29 is 17.9 Å². The maximum absolute atomic E-state index is 12.6. The highest BCUT2D eigenvalue weighted by Gasteiger charge is 2.32. The van der Waals surface area contributed by atoms with Crippen LogP contribution in [0.25, 0.3) is 0 Å². The molecule has 0 aliphatic rings. The van der Waals surface area contributed by atoms with Crippen LogP contribution in [0.4, 0.5) is 13.2 Å². The van der Waals surface area contributed by atoms with E-state index in [2.05, 4.69) is 4.74 Å². The van der Waals surface area contributed by atoms with Gasteiger partial charge in [-0.3, -0.25) is 0 Å². The molecule has 0 aliphatic heterocycles. The van der Waals surface area contributed by atoms with Gasteiger partial charge in [0, 0.05) is 0 Å². The summed E-state index contributed by atoms with van der Waals surface area (Å²) in [4.78, 5) is 0. The van der Waals surface area contributed by atoms with E-state index >= 15 is 0 Å². The normalized spacial score (nSPS) is 11.5. The number of benzene rings is 1. The van der Waals surface area contributed by atoms with Gasteiger partial charge in [-0.1, -0.05) is 12.1 Å². The van der Waals surface area contributed by atoms with Crippen LogP contribution in [0.1, 0.15) is 11.1 Å². The molecule has 0 radical (unpaired) electrons. The molecule has 1 aromatic carbocycles. The van der Waals surface area contributed by atoms with E-state index in [0.717, 1.165) is 5.56 Å². The second kappa shape index (κ2) is 3.90. The van der Waals surface area contributed by atoms with Crippen molar-refractivity contribution in [2.45, 2.75) is 20.0 Å². The van der Waals surface area contributed by atoms with Crippen molar-refractivity contribution >= 4 is 0 Å². The Balaban J connectivity index is 2.92. The quantitative estimate of drug-likeness (QED) is 0.734. The molecular weight excluding hydrogens is 193 g/mol. The van der Waals surface area contributed by atoms with Crippen molar-refractivity contribution in [3.63, 3.8) is 0 Å². The number of ether oxygens (including phenoxy) is 1. The molecule has 4 heteroatoms. The molecule has 0 fully saturated rings. The Kier molecular flexibility index (Phi) is 3.03. The standard InChI is InChI=1S/C10H11F3O/c1-7-4-3-5-9(8(7)2)14-10(12,13)6-11/h3-5H,6H2,1-2H3. The molecule has 0 atom stereocenters. The topological polar surface area (TPSA) is 9.23 Å². The van der Waals surface area contributed by atoms with Gasteiger partial charge in [0.25, 0.3) is 0 Å². The Labute approximate surface area is 80.5 Å². The first-order chi connectivity index (χ1) is 6.46. The third-order valence-electron chi connectivity index (χ3n) is 1.97. The highest BCUT2D eigenvalue weighted by atomic mass is 19.3. The predicted octanol–water partition coefficient (Wildman–Crippen LogP) is 3.24. The lowest BCUT2D eigenvalue weighted by atomic mass is 10.1. The average Bonchev–Trinajstić information content (AvgIpc) is 2.13. The fourth-order valence-electron chi connectivity index (χ4n) is 1.02. The summed E-state index contributed by atoms with van der Waals surface area (Å²) in [6.45, 7) is 1.61. The van der Waals surface area contributed by atoms with Crippen LogP contribution in [0, 0.1) is 13.8 Å². The maximum atomic E-state index is 12.6. The van der Waals surface area contributed by atoms with E-state index < -0.39 is 12.8 Å². The average molecular weight is 204 g/mol. The molecular formula is C10H11F3O. The number of rotatable bonds is 3. The van der Waals surface area contributed by atoms with E-state index in [4.69, 9.17) is 0 Å². The van der Waals surface area contributed by atoms with Crippen LogP contribution in [0.5, 0.6) is 5.75 Å². The summed E-state index contributed by atoms with van der Waals surface area (Å²) in [5, 5.41) is 0. The Bertz CT molecular complexity index is 323. The van der Waals surface area contributed by atoms with Crippen molar-refractivity contribution in [1.29, 1.82) is 0 Å². The molecule has 0 aromatic heterocycles. The largest absolute Gasteiger partial charge is 0.430 e. The number of hydrogen-bond donors (Lipinski definition) is 0. The summed E-state index contributed by atoms with van der Waals surface area (Å²) in [6.07, 6.45) is -3.74. The number of hydrogen-bond acceptors (Lipinski definition) is 1. The van der Waals surface area contributed by atoms with Gasteiger partial charge in [0.05, 0.1) is 0 Å². The molecule has 0 bridgehead atoms. The Morgan fingerprint density at radius 3 is 2.50 bits per heavy atom. The van der Waals surface area contributed by atoms with Crippen molar-refractivity contribution in [3.8, 4) is 5.75 Å². The van der Waals surface area contributed by atoms with Gasteiger partial charge in [-0.2, -0.15) is 8.78 Å². The third-order valence-corrected chi connectivity index (χ3v) is 1.97. The third kappa shape index (κ3) is 2.40. The zero-order valence-electron chi connectivity index (χ0n) is 7.98. The van der Waals surface area contributed by atoms with Gasteiger partial charge in [0.2, 0.25) is 0 Å².